The molecule has 114 valence electrons. The molecule has 2 amide bonds. The van der Waals surface area contributed by atoms with Crippen molar-refractivity contribution < 1.29 is 4.79 Å². The van der Waals surface area contributed by atoms with Crippen LogP contribution in [-0.2, 0) is 13.5 Å². The number of nitrogens with zero attached hydrogens (tertiary/aromatic N) is 3. The second-order valence-corrected chi connectivity index (χ2v) is 6.39. The summed E-state index contributed by atoms with van der Waals surface area (Å²) in [6.45, 7) is 5.29. The van der Waals surface area contributed by atoms with Gasteiger partial charge in [0.15, 0.2) is 0 Å². The highest BCUT2D eigenvalue weighted by Gasteiger charge is 2.10. The van der Waals surface area contributed by atoms with Gasteiger partial charge in [-0.1, -0.05) is 6.92 Å². The number of rotatable bonds is 6. The van der Waals surface area contributed by atoms with E-state index in [0.717, 1.165) is 17.0 Å². The Balaban J connectivity index is 1.65. The maximum Gasteiger partial charge on any atom is 0.314 e. The molecule has 0 fully saturated rings. The first-order valence-corrected chi connectivity index (χ1v) is 7.78. The standard InChI is InChI=1S/C14H21N5OS/c1-10(13-16-7-11(2)21-13)6-17-14(20)15-5-4-12-8-18-19(3)9-12/h7-10H,4-6H2,1-3H3,(H2,15,17,20)/t10-/m0/s1. The number of carbonyl (C=O) groups excluding carboxylic acids is 1. The Hall–Kier alpha value is -1.89. The van der Waals surface area contributed by atoms with Crippen LogP contribution in [0.5, 0.6) is 0 Å². The predicted octanol–water partition coefficient (Wildman–Crippen LogP) is 1.83. The van der Waals surface area contributed by atoms with Crippen LogP contribution in [0.25, 0.3) is 0 Å². The Kier molecular flexibility index (Phi) is 5.32. The number of hydrogen-bond donors (Lipinski definition) is 2. The van der Waals surface area contributed by atoms with Crippen molar-refractivity contribution in [3.8, 4) is 0 Å². The van der Waals surface area contributed by atoms with Gasteiger partial charge in [-0.3, -0.25) is 4.68 Å². The summed E-state index contributed by atoms with van der Waals surface area (Å²) in [4.78, 5) is 17.2. The lowest BCUT2D eigenvalue weighted by Crippen LogP contribution is -2.38. The predicted molar refractivity (Wildman–Crippen MR) is 83.6 cm³/mol. The van der Waals surface area contributed by atoms with Gasteiger partial charge in [0.1, 0.15) is 0 Å². The molecular weight excluding hydrogens is 286 g/mol. The first-order chi connectivity index (χ1) is 10.0. The van der Waals surface area contributed by atoms with Gasteiger partial charge in [-0.05, 0) is 18.9 Å². The zero-order chi connectivity index (χ0) is 15.2. The van der Waals surface area contributed by atoms with Crippen LogP contribution in [0.3, 0.4) is 0 Å². The Bertz CT molecular complexity index is 592. The lowest BCUT2D eigenvalue weighted by molar-refractivity contribution is 0.240. The van der Waals surface area contributed by atoms with Crippen LogP contribution in [0, 0.1) is 6.92 Å². The van der Waals surface area contributed by atoms with Crippen molar-refractivity contribution in [1.82, 2.24) is 25.4 Å². The lowest BCUT2D eigenvalue weighted by Gasteiger charge is -2.11. The lowest BCUT2D eigenvalue weighted by atomic mass is 10.2. The van der Waals surface area contributed by atoms with Crippen molar-refractivity contribution in [3.05, 3.63) is 34.0 Å². The largest absolute Gasteiger partial charge is 0.338 e. The maximum atomic E-state index is 11.7. The normalized spacial score (nSPS) is 12.1. The van der Waals surface area contributed by atoms with E-state index in [0.29, 0.717) is 13.1 Å². The van der Waals surface area contributed by atoms with Gasteiger partial charge in [0.05, 0.1) is 11.2 Å². The molecule has 0 radical (unpaired) electrons. The molecule has 0 saturated heterocycles. The minimum Gasteiger partial charge on any atom is -0.338 e. The van der Waals surface area contributed by atoms with Gasteiger partial charge >= 0.3 is 6.03 Å². The molecule has 2 aromatic rings. The average Bonchev–Trinajstić information content (AvgIpc) is 3.05. The minimum atomic E-state index is -0.140. The van der Waals surface area contributed by atoms with E-state index >= 15 is 0 Å². The van der Waals surface area contributed by atoms with Gasteiger partial charge in [-0.2, -0.15) is 5.10 Å². The number of aromatic nitrogens is 3. The van der Waals surface area contributed by atoms with Crippen LogP contribution in [0.4, 0.5) is 4.79 Å². The van der Waals surface area contributed by atoms with Gasteiger partial charge in [-0.25, -0.2) is 9.78 Å². The summed E-state index contributed by atoms with van der Waals surface area (Å²) in [6, 6.07) is -0.140. The summed E-state index contributed by atoms with van der Waals surface area (Å²) in [5.41, 5.74) is 1.12. The van der Waals surface area contributed by atoms with Crippen molar-refractivity contribution in [2.75, 3.05) is 13.1 Å². The van der Waals surface area contributed by atoms with E-state index in [-0.39, 0.29) is 11.9 Å². The molecule has 0 aromatic carbocycles. The molecule has 2 aromatic heterocycles. The van der Waals surface area contributed by atoms with Gasteiger partial charge in [0.2, 0.25) is 0 Å². The SMILES string of the molecule is Cc1cnc([C@@H](C)CNC(=O)NCCc2cnn(C)c2)s1. The van der Waals surface area contributed by atoms with Crippen molar-refractivity contribution in [2.45, 2.75) is 26.2 Å². The second-order valence-electron chi connectivity index (χ2n) is 5.12. The van der Waals surface area contributed by atoms with E-state index in [4.69, 9.17) is 0 Å². The van der Waals surface area contributed by atoms with Crippen LogP contribution < -0.4 is 10.6 Å². The van der Waals surface area contributed by atoms with Crippen LogP contribution in [0.15, 0.2) is 18.6 Å². The molecule has 0 unspecified atom stereocenters. The highest BCUT2D eigenvalue weighted by molar-refractivity contribution is 7.11. The third kappa shape index (κ3) is 4.86. The molecule has 1 atom stereocenters. The van der Waals surface area contributed by atoms with Crippen LogP contribution in [0.2, 0.25) is 0 Å². The van der Waals surface area contributed by atoms with E-state index in [1.54, 1.807) is 16.0 Å². The Morgan fingerprint density at radius 3 is 2.86 bits per heavy atom. The van der Waals surface area contributed by atoms with Crippen LogP contribution in [-0.4, -0.2) is 33.9 Å². The minimum absolute atomic E-state index is 0.140. The third-order valence-electron chi connectivity index (χ3n) is 3.09. The second kappa shape index (κ2) is 7.21. The fourth-order valence-electron chi connectivity index (χ4n) is 1.92. The average molecular weight is 307 g/mol. The Morgan fingerprint density at radius 2 is 2.24 bits per heavy atom. The molecular formula is C14H21N5OS. The van der Waals surface area contributed by atoms with E-state index in [2.05, 4.69) is 27.6 Å². The number of aryl methyl sites for hydroxylation is 2. The van der Waals surface area contributed by atoms with Crippen molar-refractivity contribution in [3.63, 3.8) is 0 Å². The maximum absolute atomic E-state index is 11.7. The highest BCUT2D eigenvalue weighted by atomic mass is 32.1. The summed E-state index contributed by atoms with van der Waals surface area (Å²) in [7, 11) is 1.88. The van der Waals surface area contributed by atoms with Gasteiger partial charge in [0.25, 0.3) is 0 Å². The summed E-state index contributed by atoms with van der Waals surface area (Å²) in [6.07, 6.45) is 6.41. The fraction of sp³-hybridized carbons (Fsp3) is 0.500. The number of urea groups is 1. The monoisotopic (exact) mass is 307 g/mol. The molecule has 0 bridgehead atoms. The number of thiazole rings is 1. The van der Waals surface area contributed by atoms with Crippen molar-refractivity contribution >= 4 is 17.4 Å². The summed E-state index contributed by atoms with van der Waals surface area (Å²) in [5.74, 6) is 0.229. The van der Waals surface area contributed by atoms with Crippen LogP contribution in [0.1, 0.15) is 28.3 Å². The first kappa shape index (κ1) is 15.5. The topological polar surface area (TPSA) is 71.8 Å². The highest BCUT2D eigenvalue weighted by Crippen LogP contribution is 2.20. The zero-order valence-electron chi connectivity index (χ0n) is 12.6. The van der Waals surface area contributed by atoms with E-state index < -0.39 is 0 Å². The fourth-order valence-corrected chi connectivity index (χ4v) is 2.74. The van der Waals surface area contributed by atoms with E-state index in [1.165, 1.54) is 4.88 Å². The molecule has 2 heterocycles. The molecule has 7 heteroatoms. The van der Waals surface area contributed by atoms with E-state index in [1.807, 2.05) is 32.6 Å². The molecule has 21 heavy (non-hydrogen) atoms. The summed E-state index contributed by atoms with van der Waals surface area (Å²) in [5, 5.41) is 10.9. The van der Waals surface area contributed by atoms with Crippen LogP contribution >= 0.6 is 11.3 Å². The summed E-state index contributed by atoms with van der Waals surface area (Å²) >= 11 is 1.67. The first-order valence-electron chi connectivity index (χ1n) is 6.96. The molecule has 6 nitrogen and oxygen atoms in total. The molecule has 0 aliphatic carbocycles. The van der Waals surface area contributed by atoms with Gasteiger partial charge in [0, 0.05) is 43.3 Å². The number of amides is 2. The molecule has 2 N–H and O–H groups in total. The smallest absolute Gasteiger partial charge is 0.314 e. The van der Waals surface area contributed by atoms with Crippen molar-refractivity contribution in [1.29, 1.82) is 0 Å². The molecule has 0 aliphatic heterocycles. The van der Waals surface area contributed by atoms with Crippen molar-refractivity contribution in [2.24, 2.45) is 7.05 Å². The number of nitrogens with one attached hydrogen (secondary N) is 2. The molecule has 0 spiro atoms. The molecule has 0 aliphatic rings. The Labute approximate surface area is 128 Å². The zero-order valence-corrected chi connectivity index (χ0v) is 13.4. The summed E-state index contributed by atoms with van der Waals surface area (Å²) < 4.78 is 1.76. The van der Waals surface area contributed by atoms with Gasteiger partial charge in [-0.15, -0.1) is 11.3 Å². The number of hydrogen-bond acceptors (Lipinski definition) is 4. The Morgan fingerprint density at radius 1 is 1.43 bits per heavy atom. The molecule has 0 saturated carbocycles. The quantitative estimate of drug-likeness (QED) is 0.855. The van der Waals surface area contributed by atoms with E-state index in [9.17, 15) is 4.79 Å². The molecule has 2 rings (SSSR count). The van der Waals surface area contributed by atoms with Gasteiger partial charge < -0.3 is 10.6 Å². The number of carbonyl (C=O) groups is 1. The third-order valence-corrected chi connectivity index (χ3v) is 4.23.